The first-order chi connectivity index (χ1) is 5.31. The number of hydrogen-bond donors (Lipinski definition) is 1. The minimum atomic E-state index is 0.335. The van der Waals surface area contributed by atoms with Crippen LogP contribution in [0.5, 0.6) is 0 Å². The molecule has 1 atom stereocenters. The van der Waals surface area contributed by atoms with E-state index in [0.29, 0.717) is 6.61 Å². The molecule has 1 heteroatoms. The van der Waals surface area contributed by atoms with Crippen LogP contribution in [-0.2, 0) is 0 Å². The lowest BCUT2D eigenvalue weighted by atomic mass is 9.99. The standard InChI is InChI=1S/C10H20O/c1-3-4-5-7-10(2)8-6-9-11/h1,10-11H,3-9H2,2H3. The van der Waals surface area contributed by atoms with Gasteiger partial charge in [-0.15, -0.1) is 0 Å². The second-order valence-corrected chi connectivity index (χ2v) is 3.26. The van der Waals surface area contributed by atoms with E-state index in [4.69, 9.17) is 12.0 Å². The van der Waals surface area contributed by atoms with E-state index in [0.717, 1.165) is 31.6 Å². The van der Waals surface area contributed by atoms with Gasteiger partial charge in [0, 0.05) is 6.61 Å². The SMILES string of the molecule is [CH]CCCCC(C)CCCO. The lowest BCUT2D eigenvalue weighted by Gasteiger charge is -2.08. The van der Waals surface area contributed by atoms with E-state index in [1.807, 2.05) is 0 Å². The van der Waals surface area contributed by atoms with Crippen LogP contribution < -0.4 is 0 Å². The third-order valence-corrected chi connectivity index (χ3v) is 2.01. The summed E-state index contributed by atoms with van der Waals surface area (Å²) >= 11 is 0. The summed E-state index contributed by atoms with van der Waals surface area (Å²) in [6.45, 7) is 7.95. The molecule has 66 valence electrons. The molecule has 0 aliphatic carbocycles. The molecule has 0 fully saturated rings. The molecule has 0 bridgehead atoms. The minimum absolute atomic E-state index is 0.335. The summed E-state index contributed by atoms with van der Waals surface area (Å²) in [5.41, 5.74) is 0. The Morgan fingerprint density at radius 2 is 1.82 bits per heavy atom. The molecule has 1 N–H and O–H groups in total. The Hall–Kier alpha value is -0.0400. The van der Waals surface area contributed by atoms with Crippen LogP contribution in [0.4, 0.5) is 0 Å². The molecule has 0 saturated heterocycles. The van der Waals surface area contributed by atoms with E-state index in [1.54, 1.807) is 0 Å². The molecule has 0 saturated carbocycles. The summed E-state index contributed by atoms with van der Waals surface area (Å²) in [6.07, 6.45) is 6.56. The van der Waals surface area contributed by atoms with Crippen molar-refractivity contribution in [3.63, 3.8) is 0 Å². The fourth-order valence-electron chi connectivity index (χ4n) is 1.22. The van der Waals surface area contributed by atoms with Crippen LogP contribution >= 0.6 is 0 Å². The van der Waals surface area contributed by atoms with E-state index in [-0.39, 0.29) is 0 Å². The Labute approximate surface area is 70.8 Å². The maximum absolute atomic E-state index is 8.57. The number of aliphatic hydroxyl groups is 1. The second kappa shape index (κ2) is 8.06. The Bertz CT molecular complexity index is 71.3. The van der Waals surface area contributed by atoms with E-state index >= 15 is 0 Å². The molecular formula is C10H20O. The number of aliphatic hydroxyl groups excluding tert-OH is 1. The Balaban J connectivity index is 3.02. The molecule has 0 aromatic carbocycles. The van der Waals surface area contributed by atoms with Crippen molar-refractivity contribution in [2.75, 3.05) is 6.61 Å². The monoisotopic (exact) mass is 156 g/mol. The fourth-order valence-corrected chi connectivity index (χ4v) is 1.22. The van der Waals surface area contributed by atoms with Crippen LogP contribution in [-0.4, -0.2) is 11.7 Å². The zero-order valence-electron chi connectivity index (χ0n) is 7.55. The molecule has 11 heavy (non-hydrogen) atoms. The first-order valence-electron chi connectivity index (χ1n) is 4.62. The first-order valence-corrected chi connectivity index (χ1v) is 4.62. The lowest BCUT2D eigenvalue weighted by molar-refractivity contribution is 0.271. The van der Waals surface area contributed by atoms with E-state index in [1.165, 1.54) is 12.8 Å². The predicted molar refractivity (Wildman–Crippen MR) is 48.3 cm³/mol. The average molecular weight is 156 g/mol. The maximum Gasteiger partial charge on any atom is 0.0431 e. The van der Waals surface area contributed by atoms with Gasteiger partial charge in [-0.25, -0.2) is 0 Å². The molecule has 0 aromatic rings. The topological polar surface area (TPSA) is 20.2 Å². The van der Waals surface area contributed by atoms with Gasteiger partial charge >= 0.3 is 0 Å². The summed E-state index contributed by atoms with van der Waals surface area (Å²) in [6, 6.07) is 0. The van der Waals surface area contributed by atoms with Crippen molar-refractivity contribution in [3.8, 4) is 0 Å². The third kappa shape index (κ3) is 7.86. The summed E-state index contributed by atoms with van der Waals surface area (Å²) in [5, 5.41) is 8.57. The summed E-state index contributed by atoms with van der Waals surface area (Å²) in [5.74, 6) is 0.758. The average Bonchev–Trinajstić information content (AvgIpc) is 2.01. The minimum Gasteiger partial charge on any atom is -0.396 e. The maximum atomic E-state index is 8.57. The van der Waals surface area contributed by atoms with Gasteiger partial charge in [0.1, 0.15) is 0 Å². The highest BCUT2D eigenvalue weighted by atomic mass is 16.2. The van der Waals surface area contributed by atoms with Crippen molar-refractivity contribution in [3.05, 3.63) is 6.92 Å². The molecule has 2 radical (unpaired) electrons. The van der Waals surface area contributed by atoms with Gasteiger partial charge in [-0.1, -0.05) is 26.2 Å². The fraction of sp³-hybridized carbons (Fsp3) is 0.900. The summed E-state index contributed by atoms with van der Waals surface area (Å²) < 4.78 is 0. The van der Waals surface area contributed by atoms with Crippen LogP contribution in [0.2, 0.25) is 0 Å². The van der Waals surface area contributed by atoms with E-state index < -0.39 is 0 Å². The normalized spacial score (nSPS) is 13.4. The zero-order valence-corrected chi connectivity index (χ0v) is 7.55. The molecular weight excluding hydrogens is 136 g/mol. The van der Waals surface area contributed by atoms with Crippen molar-refractivity contribution in [1.29, 1.82) is 0 Å². The highest BCUT2D eigenvalue weighted by Gasteiger charge is 1.99. The van der Waals surface area contributed by atoms with Gasteiger partial charge in [-0.2, -0.15) is 0 Å². The summed E-state index contributed by atoms with van der Waals surface area (Å²) in [7, 11) is 0. The van der Waals surface area contributed by atoms with Gasteiger partial charge in [0.05, 0.1) is 0 Å². The van der Waals surface area contributed by atoms with Crippen LogP contribution in [0.1, 0.15) is 45.4 Å². The zero-order chi connectivity index (χ0) is 8.53. The van der Waals surface area contributed by atoms with E-state index in [9.17, 15) is 0 Å². The van der Waals surface area contributed by atoms with Gasteiger partial charge in [-0.05, 0) is 32.1 Å². The number of hydrogen-bond acceptors (Lipinski definition) is 1. The number of rotatable bonds is 7. The molecule has 0 spiro atoms. The van der Waals surface area contributed by atoms with Crippen molar-refractivity contribution in [2.45, 2.75) is 45.4 Å². The lowest BCUT2D eigenvalue weighted by Crippen LogP contribution is -1.96. The largest absolute Gasteiger partial charge is 0.396 e. The Morgan fingerprint density at radius 1 is 1.18 bits per heavy atom. The molecule has 1 unspecified atom stereocenters. The predicted octanol–water partition coefficient (Wildman–Crippen LogP) is 2.67. The molecule has 1 nitrogen and oxygen atoms in total. The molecule has 0 heterocycles. The van der Waals surface area contributed by atoms with Crippen molar-refractivity contribution in [1.82, 2.24) is 0 Å². The molecule has 0 amide bonds. The van der Waals surface area contributed by atoms with Crippen molar-refractivity contribution >= 4 is 0 Å². The van der Waals surface area contributed by atoms with Crippen LogP contribution in [0.25, 0.3) is 0 Å². The van der Waals surface area contributed by atoms with Gasteiger partial charge in [0.2, 0.25) is 0 Å². The highest BCUT2D eigenvalue weighted by molar-refractivity contribution is 4.54. The second-order valence-electron chi connectivity index (χ2n) is 3.26. The van der Waals surface area contributed by atoms with Crippen LogP contribution in [0.15, 0.2) is 0 Å². The van der Waals surface area contributed by atoms with Crippen molar-refractivity contribution in [2.24, 2.45) is 5.92 Å². The highest BCUT2D eigenvalue weighted by Crippen LogP contribution is 2.13. The Morgan fingerprint density at radius 3 is 2.36 bits per heavy atom. The van der Waals surface area contributed by atoms with Gasteiger partial charge in [0.25, 0.3) is 0 Å². The molecule has 0 aromatic heterocycles. The van der Waals surface area contributed by atoms with Crippen LogP contribution in [0, 0.1) is 12.8 Å². The van der Waals surface area contributed by atoms with E-state index in [2.05, 4.69) is 6.92 Å². The van der Waals surface area contributed by atoms with Crippen LogP contribution in [0.3, 0.4) is 0 Å². The van der Waals surface area contributed by atoms with Gasteiger partial charge < -0.3 is 5.11 Å². The number of unbranched alkanes of at least 4 members (excludes halogenated alkanes) is 2. The van der Waals surface area contributed by atoms with Gasteiger partial charge in [-0.3, -0.25) is 0 Å². The Kier molecular flexibility index (Phi) is 8.03. The van der Waals surface area contributed by atoms with Gasteiger partial charge in [0.15, 0.2) is 0 Å². The molecule has 0 rings (SSSR count). The molecule has 0 aliphatic rings. The quantitative estimate of drug-likeness (QED) is 0.562. The summed E-state index contributed by atoms with van der Waals surface area (Å²) in [4.78, 5) is 0. The third-order valence-electron chi connectivity index (χ3n) is 2.01. The smallest absolute Gasteiger partial charge is 0.0431 e. The molecule has 0 aliphatic heterocycles. The van der Waals surface area contributed by atoms with Crippen molar-refractivity contribution < 1.29 is 5.11 Å². The first kappa shape index (κ1) is 11.0.